The summed E-state index contributed by atoms with van der Waals surface area (Å²) in [6.07, 6.45) is 1.75. The lowest BCUT2D eigenvalue weighted by Crippen LogP contribution is -2.57. The largest absolute Gasteiger partial charge is 0.347 e. The number of rotatable bonds is 1. The lowest BCUT2D eigenvalue weighted by Gasteiger charge is -2.29. The van der Waals surface area contributed by atoms with Gasteiger partial charge in [-0.15, -0.1) is 6.58 Å². The molecule has 0 bridgehead atoms. The molecule has 0 saturated carbocycles. The molecule has 1 fully saturated rings. The molecule has 0 aromatic heterocycles. The summed E-state index contributed by atoms with van der Waals surface area (Å²) in [5, 5.41) is 2.68. The molecule has 0 aliphatic carbocycles. The van der Waals surface area contributed by atoms with Gasteiger partial charge in [-0.1, -0.05) is 28.7 Å². The molecular weight excluding hydrogens is 217 g/mol. The molecule has 0 spiro atoms. The second kappa shape index (κ2) is 2.05. The van der Waals surface area contributed by atoms with E-state index in [9.17, 15) is 4.79 Å². The monoisotopic (exact) mass is 223 g/mol. The third-order valence-electron chi connectivity index (χ3n) is 1.13. The summed E-state index contributed by atoms with van der Waals surface area (Å²) >= 11 is 2.10. The molecule has 2 nitrogen and oxygen atoms in total. The van der Waals surface area contributed by atoms with Gasteiger partial charge in [-0.25, -0.2) is 0 Å². The van der Waals surface area contributed by atoms with Crippen molar-refractivity contribution in [3.63, 3.8) is 0 Å². The quantitative estimate of drug-likeness (QED) is 0.298. The summed E-state index contributed by atoms with van der Waals surface area (Å²) in [6.45, 7) is 3.55. The van der Waals surface area contributed by atoms with Crippen molar-refractivity contribution >= 4 is 28.5 Å². The molecule has 8 heavy (non-hydrogen) atoms. The molecule has 0 aromatic rings. The van der Waals surface area contributed by atoms with Crippen molar-refractivity contribution < 1.29 is 4.79 Å². The smallest absolute Gasteiger partial charge is 0.235 e. The van der Waals surface area contributed by atoms with Gasteiger partial charge in [0.1, 0.15) is 3.92 Å². The van der Waals surface area contributed by atoms with Crippen molar-refractivity contribution in [2.24, 2.45) is 0 Å². The van der Waals surface area contributed by atoms with Gasteiger partial charge in [-0.2, -0.15) is 0 Å². The van der Waals surface area contributed by atoms with Gasteiger partial charge in [-0.3, -0.25) is 4.79 Å². The molecule has 1 aliphatic rings. The Labute approximate surface area is 61.5 Å². The topological polar surface area (TPSA) is 29.1 Å². The lowest BCUT2D eigenvalue weighted by atomic mass is 10.1. The molecule has 1 aliphatic heterocycles. The molecule has 0 radical (unpaired) electrons. The van der Waals surface area contributed by atoms with E-state index in [-0.39, 0.29) is 15.9 Å². The number of carbonyl (C=O) groups excluding carboxylic acids is 1. The van der Waals surface area contributed by atoms with Gasteiger partial charge in [-0.05, 0) is 0 Å². The molecule has 2 atom stereocenters. The van der Waals surface area contributed by atoms with E-state index in [1.165, 1.54) is 0 Å². The van der Waals surface area contributed by atoms with Gasteiger partial charge >= 0.3 is 0 Å². The van der Waals surface area contributed by atoms with Gasteiger partial charge < -0.3 is 5.32 Å². The summed E-state index contributed by atoms with van der Waals surface area (Å²) in [5.41, 5.74) is 0. The van der Waals surface area contributed by atoms with E-state index in [2.05, 4.69) is 34.5 Å². The third-order valence-corrected chi connectivity index (χ3v) is 2.47. The summed E-state index contributed by atoms with van der Waals surface area (Å²) in [6, 6.07) is 0.211. The number of nitrogens with one attached hydrogen (secondary N) is 1. The van der Waals surface area contributed by atoms with E-state index in [0.717, 1.165) is 0 Å². The first kappa shape index (κ1) is 6.07. The Kier molecular flexibility index (Phi) is 1.55. The maximum atomic E-state index is 10.4. The minimum atomic E-state index is 0.116. The van der Waals surface area contributed by atoms with Crippen LogP contribution < -0.4 is 5.32 Å². The normalized spacial score (nSPS) is 35.4. The van der Waals surface area contributed by atoms with E-state index in [0.29, 0.717) is 0 Å². The number of halogens is 1. The van der Waals surface area contributed by atoms with Crippen LogP contribution in [-0.2, 0) is 4.79 Å². The third kappa shape index (κ3) is 0.746. The van der Waals surface area contributed by atoms with Crippen molar-refractivity contribution in [2.75, 3.05) is 0 Å². The van der Waals surface area contributed by atoms with Crippen LogP contribution in [0.1, 0.15) is 0 Å². The van der Waals surface area contributed by atoms with E-state index in [1.807, 2.05) is 0 Å². The van der Waals surface area contributed by atoms with Crippen LogP contribution in [0.3, 0.4) is 0 Å². The van der Waals surface area contributed by atoms with Gasteiger partial charge in [0.05, 0.1) is 6.04 Å². The van der Waals surface area contributed by atoms with Crippen LogP contribution >= 0.6 is 22.6 Å². The highest BCUT2D eigenvalue weighted by Gasteiger charge is 2.34. The van der Waals surface area contributed by atoms with Crippen LogP contribution in [0.25, 0.3) is 0 Å². The highest BCUT2D eigenvalue weighted by atomic mass is 127. The van der Waals surface area contributed by atoms with Gasteiger partial charge in [0.25, 0.3) is 0 Å². The van der Waals surface area contributed by atoms with Crippen molar-refractivity contribution in [3.8, 4) is 0 Å². The van der Waals surface area contributed by atoms with Crippen molar-refractivity contribution in [1.82, 2.24) is 5.32 Å². The molecule has 2 unspecified atom stereocenters. The summed E-state index contributed by atoms with van der Waals surface area (Å²) in [5.74, 6) is 0.121. The lowest BCUT2D eigenvalue weighted by molar-refractivity contribution is -0.125. The van der Waals surface area contributed by atoms with Crippen LogP contribution in [0.2, 0.25) is 0 Å². The standard InChI is InChI=1S/C5H6INO/c1-2-3-4(6)5(8)7-3/h2-4H,1H2,(H,7,8). The van der Waals surface area contributed by atoms with Crippen LogP contribution in [0, 0.1) is 0 Å². The number of hydrogen-bond donors (Lipinski definition) is 1. The molecule has 1 rings (SSSR count). The number of carbonyl (C=O) groups is 1. The fourth-order valence-electron chi connectivity index (χ4n) is 0.562. The molecule has 44 valence electrons. The minimum absolute atomic E-state index is 0.116. The number of hydrogen-bond acceptors (Lipinski definition) is 1. The Balaban J connectivity index is 2.47. The van der Waals surface area contributed by atoms with Gasteiger partial charge in [0, 0.05) is 0 Å². The molecular formula is C5H6INO. The molecule has 1 amide bonds. The van der Waals surface area contributed by atoms with Gasteiger partial charge in [0.2, 0.25) is 5.91 Å². The van der Waals surface area contributed by atoms with Crippen LogP contribution in [0.5, 0.6) is 0 Å². The zero-order chi connectivity index (χ0) is 6.15. The number of amides is 1. The Morgan fingerprint density at radius 1 is 1.88 bits per heavy atom. The second-order valence-corrected chi connectivity index (χ2v) is 3.01. The highest BCUT2D eigenvalue weighted by molar-refractivity contribution is 14.1. The Morgan fingerprint density at radius 3 is 2.62 bits per heavy atom. The summed E-state index contributed by atoms with van der Waals surface area (Å²) < 4.78 is 0.116. The molecule has 1 N–H and O–H groups in total. The average molecular weight is 223 g/mol. The van der Waals surface area contributed by atoms with Crippen molar-refractivity contribution in [2.45, 2.75) is 9.97 Å². The molecule has 1 heterocycles. The Hall–Kier alpha value is -0.0600. The summed E-state index contributed by atoms with van der Waals surface area (Å²) in [7, 11) is 0. The van der Waals surface area contributed by atoms with E-state index in [4.69, 9.17) is 0 Å². The molecule has 1 saturated heterocycles. The maximum absolute atomic E-state index is 10.4. The maximum Gasteiger partial charge on any atom is 0.235 e. The van der Waals surface area contributed by atoms with Crippen LogP contribution in [0.15, 0.2) is 12.7 Å². The number of alkyl halides is 1. The van der Waals surface area contributed by atoms with Crippen LogP contribution in [-0.4, -0.2) is 15.9 Å². The van der Waals surface area contributed by atoms with E-state index < -0.39 is 0 Å². The van der Waals surface area contributed by atoms with Crippen molar-refractivity contribution in [3.05, 3.63) is 12.7 Å². The zero-order valence-electron chi connectivity index (χ0n) is 4.23. The first-order valence-electron chi connectivity index (χ1n) is 2.32. The summed E-state index contributed by atoms with van der Waals surface area (Å²) in [4.78, 5) is 10.4. The fraction of sp³-hybridized carbons (Fsp3) is 0.400. The first-order valence-corrected chi connectivity index (χ1v) is 3.57. The van der Waals surface area contributed by atoms with Crippen molar-refractivity contribution in [1.29, 1.82) is 0 Å². The predicted molar refractivity (Wildman–Crippen MR) is 39.9 cm³/mol. The van der Waals surface area contributed by atoms with Gasteiger partial charge in [0.15, 0.2) is 0 Å². The number of β-lactam (4-membered cyclic amide) rings is 1. The average Bonchev–Trinajstić information content (AvgIpc) is 1.81. The second-order valence-electron chi connectivity index (χ2n) is 1.67. The Morgan fingerprint density at radius 2 is 2.50 bits per heavy atom. The fourth-order valence-corrected chi connectivity index (χ4v) is 1.22. The SMILES string of the molecule is C=CC1NC(=O)C1I. The zero-order valence-corrected chi connectivity index (χ0v) is 6.38. The van der Waals surface area contributed by atoms with E-state index in [1.54, 1.807) is 6.08 Å². The minimum Gasteiger partial charge on any atom is -0.347 e. The van der Waals surface area contributed by atoms with Crippen LogP contribution in [0.4, 0.5) is 0 Å². The predicted octanol–water partition coefficient (Wildman–Crippen LogP) is 0.474. The Bertz CT molecular complexity index is 134. The molecule has 0 aromatic carbocycles. The first-order chi connectivity index (χ1) is 3.75. The van der Waals surface area contributed by atoms with E-state index >= 15 is 0 Å². The molecule has 3 heteroatoms. The highest BCUT2D eigenvalue weighted by Crippen LogP contribution is 2.15.